The van der Waals surface area contributed by atoms with Crippen LogP contribution in [0.5, 0.6) is 0 Å². The first kappa shape index (κ1) is 15.6. The van der Waals surface area contributed by atoms with Gasteiger partial charge in [0, 0.05) is 13.6 Å². The number of carbonyl (C=O) groups is 1. The molecule has 19 heavy (non-hydrogen) atoms. The smallest absolute Gasteiger partial charge is 0.415 e. The first-order valence-corrected chi connectivity index (χ1v) is 5.59. The van der Waals surface area contributed by atoms with E-state index in [1.54, 1.807) is 42.5 Å². The molecule has 0 N–H and O–H groups in total. The van der Waals surface area contributed by atoms with Gasteiger partial charge in [-0.1, -0.05) is 12.1 Å². The van der Waals surface area contributed by atoms with Crippen molar-refractivity contribution in [1.82, 2.24) is 9.47 Å². The molecular formula is C13H15FIN3O. The fraction of sp³-hybridized carbons (Fsp3) is 0.231. The van der Waals surface area contributed by atoms with Crippen LogP contribution in [0, 0.1) is 5.82 Å². The van der Waals surface area contributed by atoms with Crippen molar-refractivity contribution >= 4 is 6.03 Å². The Bertz CT molecular complexity index is 571. The van der Waals surface area contributed by atoms with Crippen LogP contribution < -0.4 is 28.5 Å². The summed E-state index contributed by atoms with van der Waals surface area (Å²) in [6, 6.07) is 6.09. The number of amides is 1. The van der Waals surface area contributed by atoms with Crippen LogP contribution in [0.3, 0.4) is 0 Å². The Hall–Kier alpha value is -1.44. The van der Waals surface area contributed by atoms with E-state index in [4.69, 9.17) is 0 Å². The first-order chi connectivity index (χ1) is 8.56. The predicted molar refractivity (Wildman–Crippen MR) is 64.3 cm³/mol. The molecule has 1 aromatic carbocycles. The van der Waals surface area contributed by atoms with Gasteiger partial charge in [-0.05, 0) is 17.7 Å². The van der Waals surface area contributed by atoms with Crippen molar-refractivity contribution in [3.63, 3.8) is 0 Å². The van der Waals surface area contributed by atoms with Gasteiger partial charge in [0.1, 0.15) is 18.2 Å². The van der Waals surface area contributed by atoms with Crippen LogP contribution in [0.1, 0.15) is 5.56 Å². The van der Waals surface area contributed by atoms with Gasteiger partial charge < -0.3 is 28.9 Å². The zero-order chi connectivity index (χ0) is 13.1. The molecule has 0 bridgehead atoms. The number of aryl methyl sites for hydroxylation is 1. The molecule has 0 fully saturated rings. The Morgan fingerprint density at radius 2 is 2.21 bits per heavy atom. The van der Waals surface area contributed by atoms with Crippen LogP contribution in [0.4, 0.5) is 9.18 Å². The maximum absolute atomic E-state index is 13.0. The normalized spacial score (nSPS) is 9.84. The third kappa shape index (κ3) is 4.02. The number of benzene rings is 1. The van der Waals surface area contributed by atoms with Gasteiger partial charge in [0.15, 0.2) is 0 Å². The van der Waals surface area contributed by atoms with Crippen molar-refractivity contribution in [3.8, 4) is 0 Å². The van der Waals surface area contributed by atoms with Gasteiger partial charge >= 0.3 is 6.03 Å². The topological polar surface area (TPSA) is 29.1 Å². The molecule has 0 aliphatic carbocycles. The number of hydrogen-bond acceptors (Lipinski definition) is 1. The summed E-state index contributed by atoms with van der Waals surface area (Å²) in [5, 5.41) is 0. The fourth-order valence-electron chi connectivity index (χ4n) is 1.74. The van der Waals surface area contributed by atoms with Crippen LogP contribution >= 0.6 is 0 Å². The summed E-state index contributed by atoms with van der Waals surface area (Å²) in [5.41, 5.74) is 0.766. The number of hydrogen-bond donors (Lipinski definition) is 0. The first-order valence-electron chi connectivity index (χ1n) is 5.59. The number of nitrogens with zero attached hydrogens (tertiary/aromatic N) is 3. The Labute approximate surface area is 128 Å². The average Bonchev–Trinajstić information content (AvgIpc) is 2.75. The maximum atomic E-state index is 13.0. The second kappa shape index (κ2) is 6.65. The molecule has 0 unspecified atom stereocenters. The molecule has 2 rings (SSSR count). The molecule has 1 aromatic heterocycles. The van der Waals surface area contributed by atoms with Gasteiger partial charge in [0.25, 0.3) is 6.33 Å². The summed E-state index contributed by atoms with van der Waals surface area (Å²) >= 11 is 0. The number of aromatic nitrogens is 2. The van der Waals surface area contributed by atoms with Gasteiger partial charge in [-0.3, -0.25) is 0 Å². The van der Waals surface area contributed by atoms with E-state index >= 15 is 0 Å². The highest BCUT2D eigenvalue weighted by Crippen LogP contribution is 2.07. The zero-order valence-electron chi connectivity index (χ0n) is 10.8. The summed E-state index contributed by atoms with van der Waals surface area (Å²) < 4.78 is 16.3. The summed E-state index contributed by atoms with van der Waals surface area (Å²) in [6.45, 7) is 0.373. The lowest BCUT2D eigenvalue weighted by molar-refractivity contribution is -0.670. The fourth-order valence-corrected chi connectivity index (χ4v) is 1.74. The Kier molecular flexibility index (Phi) is 5.46. The van der Waals surface area contributed by atoms with Gasteiger partial charge in [0.2, 0.25) is 0 Å². The highest BCUT2D eigenvalue weighted by molar-refractivity contribution is 5.76. The minimum absolute atomic E-state index is 0. The minimum atomic E-state index is -0.291. The van der Waals surface area contributed by atoms with Crippen molar-refractivity contribution in [2.24, 2.45) is 7.05 Å². The molecule has 0 saturated carbocycles. The van der Waals surface area contributed by atoms with E-state index in [0.29, 0.717) is 6.54 Å². The maximum Gasteiger partial charge on any atom is 0.415 e. The van der Waals surface area contributed by atoms with Gasteiger partial charge in [-0.2, -0.15) is 4.57 Å². The summed E-state index contributed by atoms with van der Waals surface area (Å²) in [7, 11) is 3.53. The van der Waals surface area contributed by atoms with E-state index in [1.807, 2.05) is 7.05 Å². The predicted octanol–water partition coefficient (Wildman–Crippen LogP) is -1.44. The second-order valence-corrected chi connectivity index (χ2v) is 4.25. The third-order valence-corrected chi connectivity index (χ3v) is 2.63. The van der Waals surface area contributed by atoms with Crippen molar-refractivity contribution in [2.75, 3.05) is 7.05 Å². The monoisotopic (exact) mass is 375 g/mol. The molecule has 6 heteroatoms. The summed E-state index contributed by atoms with van der Waals surface area (Å²) in [4.78, 5) is 13.6. The quantitative estimate of drug-likeness (QED) is 0.467. The molecule has 0 radical (unpaired) electrons. The van der Waals surface area contributed by atoms with Gasteiger partial charge in [-0.25, -0.2) is 13.8 Å². The number of rotatable bonds is 2. The summed E-state index contributed by atoms with van der Waals surface area (Å²) in [6.07, 6.45) is 5.16. The van der Waals surface area contributed by atoms with Crippen LogP contribution in [0.25, 0.3) is 0 Å². The van der Waals surface area contributed by atoms with Crippen LogP contribution in [0.2, 0.25) is 0 Å². The molecule has 1 heterocycles. The highest BCUT2D eigenvalue weighted by Gasteiger charge is 2.17. The molecule has 0 saturated heterocycles. The summed E-state index contributed by atoms with van der Waals surface area (Å²) in [5.74, 6) is -0.291. The van der Waals surface area contributed by atoms with Gasteiger partial charge in [-0.15, -0.1) is 0 Å². The molecule has 0 atom stereocenters. The molecule has 0 aliphatic rings. The lowest BCUT2D eigenvalue weighted by Crippen LogP contribution is -3.00. The van der Waals surface area contributed by atoms with Crippen LogP contribution in [-0.2, 0) is 13.6 Å². The molecule has 4 nitrogen and oxygen atoms in total. The highest BCUT2D eigenvalue weighted by atomic mass is 127. The van der Waals surface area contributed by atoms with Gasteiger partial charge in [0.05, 0.1) is 7.05 Å². The zero-order valence-corrected chi connectivity index (χ0v) is 12.9. The Balaban J connectivity index is 0.00000180. The SMILES string of the molecule is CN(Cc1cccc(F)c1)C(=O)n1cc[n+](C)c1.[I-]. The van der Waals surface area contributed by atoms with Crippen LogP contribution in [-0.4, -0.2) is 22.5 Å². The number of halogens is 2. The standard InChI is InChI=1S/C13H15FN3O.HI/c1-15-6-7-17(10-15)13(18)16(2)9-11-4-3-5-12(14)8-11;/h3-8,10H,9H2,1-2H3;1H/q+1;/p-1. The number of imidazole rings is 1. The van der Waals surface area contributed by atoms with E-state index in [2.05, 4.69) is 0 Å². The Morgan fingerprint density at radius 1 is 1.47 bits per heavy atom. The molecule has 1 amide bonds. The van der Waals surface area contributed by atoms with Crippen LogP contribution in [0.15, 0.2) is 43.0 Å². The largest absolute Gasteiger partial charge is 1.00 e. The van der Waals surface area contributed by atoms with E-state index < -0.39 is 0 Å². The lowest BCUT2D eigenvalue weighted by Gasteiger charge is -2.13. The van der Waals surface area contributed by atoms with Crippen molar-refractivity contribution in [3.05, 3.63) is 54.4 Å². The Morgan fingerprint density at radius 3 is 2.79 bits per heavy atom. The molecule has 2 aromatic rings. The van der Waals surface area contributed by atoms with E-state index in [1.165, 1.54) is 21.6 Å². The van der Waals surface area contributed by atoms with E-state index in [0.717, 1.165) is 5.56 Å². The molecule has 0 aliphatic heterocycles. The van der Waals surface area contributed by atoms with Crippen molar-refractivity contribution in [2.45, 2.75) is 6.54 Å². The second-order valence-electron chi connectivity index (χ2n) is 4.25. The van der Waals surface area contributed by atoms with E-state index in [-0.39, 0.29) is 35.8 Å². The van der Waals surface area contributed by atoms with Crippen molar-refractivity contribution < 1.29 is 37.7 Å². The molecular weight excluding hydrogens is 360 g/mol. The third-order valence-electron chi connectivity index (χ3n) is 2.63. The van der Waals surface area contributed by atoms with Crippen molar-refractivity contribution in [1.29, 1.82) is 0 Å². The lowest BCUT2D eigenvalue weighted by atomic mass is 10.2. The van der Waals surface area contributed by atoms with E-state index in [9.17, 15) is 9.18 Å². The average molecular weight is 375 g/mol. The molecule has 102 valence electrons. The molecule has 0 spiro atoms. The number of carbonyl (C=O) groups excluding carboxylic acids is 1. The minimum Gasteiger partial charge on any atom is -1.00 e.